The highest BCUT2D eigenvalue weighted by atomic mass is 19.4. The molecule has 0 radical (unpaired) electrons. The van der Waals surface area contributed by atoms with E-state index in [4.69, 9.17) is 4.74 Å². The smallest absolute Gasteiger partial charge is 0.373 e. The lowest BCUT2D eigenvalue weighted by atomic mass is 9.89. The fraction of sp³-hybridized carbons (Fsp3) is 0.343. The highest BCUT2D eigenvalue weighted by Crippen LogP contribution is 2.41. The number of ether oxygens (including phenoxy) is 1. The van der Waals surface area contributed by atoms with Crippen LogP contribution in [0.5, 0.6) is 0 Å². The average Bonchev–Trinajstić information content (AvgIpc) is 3.84. The van der Waals surface area contributed by atoms with Crippen LogP contribution in [0, 0.1) is 18.6 Å². The normalized spacial score (nSPS) is 17.8. The van der Waals surface area contributed by atoms with E-state index in [1.165, 1.54) is 10.6 Å². The van der Waals surface area contributed by atoms with E-state index < -0.39 is 34.7 Å². The third-order valence-electron chi connectivity index (χ3n) is 9.24. The molecule has 2 atom stereocenters. The van der Waals surface area contributed by atoms with Crippen LogP contribution in [0.15, 0.2) is 64.7 Å². The quantitative estimate of drug-likeness (QED) is 0.202. The summed E-state index contributed by atoms with van der Waals surface area (Å²) < 4.78 is 79.4. The number of hydrogen-bond acceptors (Lipinski definition) is 8. The third kappa shape index (κ3) is 6.62. The molecule has 1 aliphatic carbocycles. The Morgan fingerprint density at radius 3 is 2.39 bits per heavy atom. The number of benzene rings is 1. The molecule has 2 aliphatic rings. The van der Waals surface area contributed by atoms with Gasteiger partial charge in [0.2, 0.25) is 5.82 Å². The highest BCUT2D eigenvalue weighted by molar-refractivity contribution is 5.91. The summed E-state index contributed by atoms with van der Waals surface area (Å²) >= 11 is 0. The van der Waals surface area contributed by atoms with E-state index in [0.717, 1.165) is 37.6 Å². The Bertz CT molecular complexity index is 2420. The van der Waals surface area contributed by atoms with E-state index >= 15 is 0 Å². The second-order valence-corrected chi connectivity index (χ2v) is 12.7. The van der Waals surface area contributed by atoms with Gasteiger partial charge in [-0.25, -0.2) is 18.7 Å². The van der Waals surface area contributed by atoms with Crippen molar-refractivity contribution >= 4 is 21.8 Å². The number of aromatic nitrogens is 8. The first-order valence-corrected chi connectivity index (χ1v) is 16.2. The molecule has 1 saturated carbocycles. The summed E-state index contributed by atoms with van der Waals surface area (Å²) in [4.78, 5) is 41.1. The Morgan fingerprint density at radius 1 is 0.902 bits per heavy atom. The molecule has 8 rings (SSSR count). The molecule has 0 unspecified atom stereocenters. The zero-order valence-electron chi connectivity index (χ0n) is 27.7. The molecule has 0 bridgehead atoms. The van der Waals surface area contributed by atoms with Crippen LogP contribution >= 0.6 is 0 Å². The van der Waals surface area contributed by atoms with E-state index in [2.05, 4.69) is 25.0 Å². The van der Waals surface area contributed by atoms with Crippen LogP contribution in [0.4, 0.5) is 22.0 Å². The van der Waals surface area contributed by atoms with E-state index in [1.54, 1.807) is 38.6 Å². The monoisotopic (exact) mass is 706 g/mol. The van der Waals surface area contributed by atoms with Gasteiger partial charge in [0.05, 0.1) is 46.5 Å². The minimum Gasteiger partial charge on any atom is -0.373 e. The molecule has 0 spiro atoms. The van der Waals surface area contributed by atoms with Gasteiger partial charge in [-0.2, -0.15) is 18.3 Å². The van der Waals surface area contributed by atoms with Crippen molar-refractivity contribution in [2.24, 2.45) is 14.1 Å². The van der Waals surface area contributed by atoms with Crippen molar-refractivity contribution in [3.8, 4) is 11.3 Å². The Hall–Kier alpha value is -5.38. The third-order valence-corrected chi connectivity index (χ3v) is 9.24. The minimum atomic E-state index is -4.93. The number of halogens is 5. The van der Waals surface area contributed by atoms with Gasteiger partial charge in [0.1, 0.15) is 23.0 Å². The fourth-order valence-electron chi connectivity index (χ4n) is 6.21. The van der Waals surface area contributed by atoms with E-state index in [0.29, 0.717) is 58.5 Å². The molecule has 5 aromatic heterocycles. The fourth-order valence-corrected chi connectivity index (χ4v) is 6.21. The summed E-state index contributed by atoms with van der Waals surface area (Å²) in [5, 5.41) is 4.90. The highest BCUT2D eigenvalue weighted by Gasteiger charge is 2.37. The van der Waals surface area contributed by atoms with Crippen molar-refractivity contribution in [1.82, 2.24) is 38.9 Å². The predicted octanol–water partition coefficient (Wildman–Crippen LogP) is 6.10. The first kappa shape index (κ1) is 34.1. The van der Waals surface area contributed by atoms with Gasteiger partial charge >= 0.3 is 6.18 Å². The van der Waals surface area contributed by atoms with Gasteiger partial charge in [-0.1, -0.05) is 0 Å². The number of hydrogen-bond donors (Lipinski definition) is 0. The van der Waals surface area contributed by atoms with Crippen molar-refractivity contribution in [3.05, 3.63) is 110 Å². The van der Waals surface area contributed by atoms with E-state index in [-0.39, 0.29) is 34.2 Å². The standard InChI is InChI=1S/C26H22F5N5O2.C9H9N3O/c1-35-24(37)18-10-20(13-6-7-38-21(8-13)14-11-32-36(12-14)16-3-4-16)33-22(17-5-2-15(27)9-19(17)28)23(18)34-25(35)26(29,30)31;1-6-11-8-5-10-4-3-7(8)9(13)12(6)2/h2,5,9-13,16,21H,3-4,6-8H2,1H3;3-5H,1-2H3/t13-,21+;/m0./s1. The summed E-state index contributed by atoms with van der Waals surface area (Å²) in [5.74, 6) is -2.86. The number of aryl methyl sites for hydroxylation is 1. The number of nitrogens with zero attached hydrogens (tertiary/aromatic N) is 8. The van der Waals surface area contributed by atoms with Crippen LogP contribution in [-0.4, -0.2) is 45.5 Å². The van der Waals surface area contributed by atoms with Crippen LogP contribution in [0.3, 0.4) is 0 Å². The van der Waals surface area contributed by atoms with Crippen molar-refractivity contribution in [2.45, 2.75) is 56.8 Å². The van der Waals surface area contributed by atoms with Crippen molar-refractivity contribution in [2.75, 3.05) is 6.61 Å². The van der Waals surface area contributed by atoms with Crippen LogP contribution in [0.1, 0.15) is 66.7 Å². The molecular weight excluding hydrogens is 675 g/mol. The van der Waals surface area contributed by atoms with Crippen molar-refractivity contribution < 1.29 is 26.7 Å². The summed E-state index contributed by atoms with van der Waals surface area (Å²) in [7, 11) is 2.70. The first-order chi connectivity index (χ1) is 24.3. The van der Waals surface area contributed by atoms with Crippen molar-refractivity contribution in [3.63, 3.8) is 0 Å². The lowest BCUT2D eigenvalue weighted by molar-refractivity contribution is -0.147. The largest absolute Gasteiger partial charge is 0.449 e. The zero-order valence-corrected chi connectivity index (χ0v) is 27.7. The van der Waals surface area contributed by atoms with Gasteiger partial charge < -0.3 is 4.74 Å². The molecule has 1 aromatic carbocycles. The molecule has 6 aromatic rings. The molecule has 6 heterocycles. The first-order valence-electron chi connectivity index (χ1n) is 16.2. The number of rotatable bonds is 4. The molecule has 1 saturated heterocycles. The molecule has 264 valence electrons. The van der Waals surface area contributed by atoms with Crippen molar-refractivity contribution in [1.29, 1.82) is 0 Å². The summed E-state index contributed by atoms with van der Waals surface area (Å²) in [6.45, 7) is 2.18. The molecule has 2 fully saturated rings. The van der Waals surface area contributed by atoms with Gasteiger partial charge in [0.25, 0.3) is 11.1 Å². The zero-order chi connectivity index (χ0) is 36.2. The van der Waals surface area contributed by atoms with Gasteiger partial charge in [-0.05, 0) is 56.9 Å². The van der Waals surface area contributed by atoms with Gasteiger partial charge in [0, 0.05) is 61.9 Å². The Morgan fingerprint density at radius 2 is 1.67 bits per heavy atom. The molecule has 0 amide bonds. The SMILES string of the molecule is Cc1nc2cnccc2c(=O)n1C.Cn1c(C(F)(F)F)nc2c(-c3ccc(F)cc3F)nc([C@H]3CCO[C@@H](c4cnn(C5CC5)c4)C3)cc2c1=O. The lowest BCUT2D eigenvalue weighted by Gasteiger charge is -2.29. The predicted molar refractivity (Wildman–Crippen MR) is 176 cm³/mol. The van der Waals surface area contributed by atoms with Gasteiger partial charge in [0.15, 0.2) is 0 Å². The van der Waals surface area contributed by atoms with Gasteiger partial charge in [-0.3, -0.25) is 33.4 Å². The Kier molecular flexibility index (Phi) is 8.73. The molecule has 51 heavy (non-hydrogen) atoms. The maximum absolute atomic E-state index is 14.9. The van der Waals surface area contributed by atoms with Crippen LogP contribution in [0.2, 0.25) is 0 Å². The Balaban J connectivity index is 0.000000262. The molecule has 1 aliphatic heterocycles. The number of pyridine rings is 2. The number of alkyl halides is 3. The molecule has 16 heteroatoms. The molecule has 0 N–H and O–H groups in total. The van der Waals surface area contributed by atoms with E-state index in [1.807, 2.05) is 10.9 Å². The average molecular weight is 707 g/mol. The molecule has 11 nitrogen and oxygen atoms in total. The lowest BCUT2D eigenvalue weighted by Crippen LogP contribution is -2.28. The van der Waals surface area contributed by atoms with E-state index in [9.17, 15) is 31.5 Å². The van der Waals surface area contributed by atoms with Crippen LogP contribution < -0.4 is 11.1 Å². The maximum atomic E-state index is 14.9. The number of fused-ring (bicyclic) bond motifs is 2. The van der Waals surface area contributed by atoms with Crippen LogP contribution in [0.25, 0.3) is 33.1 Å². The minimum absolute atomic E-state index is 0.0232. The summed E-state index contributed by atoms with van der Waals surface area (Å²) in [5.41, 5.74) is 0.0997. The maximum Gasteiger partial charge on any atom is 0.449 e. The Labute approximate surface area is 286 Å². The second kappa shape index (κ2) is 13.1. The van der Waals surface area contributed by atoms with Crippen LogP contribution in [-0.2, 0) is 25.0 Å². The topological polar surface area (TPSA) is 123 Å². The van der Waals surface area contributed by atoms with Gasteiger partial charge in [-0.15, -0.1) is 0 Å². The molecular formula is C35H31F5N8O3. The second-order valence-electron chi connectivity index (χ2n) is 12.7. The summed E-state index contributed by atoms with van der Waals surface area (Å²) in [6, 6.07) is 6.20. The summed E-state index contributed by atoms with van der Waals surface area (Å²) in [6.07, 6.45) is 4.87.